The van der Waals surface area contributed by atoms with Crippen molar-refractivity contribution in [2.75, 3.05) is 0 Å². The lowest BCUT2D eigenvalue weighted by Gasteiger charge is -2.38. The van der Waals surface area contributed by atoms with Crippen LogP contribution >= 0.6 is 0 Å². The zero-order valence-corrected chi connectivity index (χ0v) is 11.7. The van der Waals surface area contributed by atoms with E-state index in [9.17, 15) is 4.79 Å². The molecule has 2 nitrogen and oxygen atoms in total. The van der Waals surface area contributed by atoms with Gasteiger partial charge in [0, 0.05) is 11.8 Å². The molecule has 0 unspecified atom stereocenters. The molecule has 0 saturated heterocycles. The van der Waals surface area contributed by atoms with Crippen LogP contribution in [0.1, 0.15) is 66.2 Å². The highest BCUT2D eigenvalue weighted by Crippen LogP contribution is 2.66. The highest BCUT2D eigenvalue weighted by molar-refractivity contribution is 5.69. The second kappa shape index (κ2) is 4.29. The maximum atomic E-state index is 11.8. The van der Waals surface area contributed by atoms with E-state index in [1.54, 1.807) is 0 Å². The van der Waals surface area contributed by atoms with Gasteiger partial charge in [0.15, 0.2) is 0 Å². The van der Waals surface area contributed by atoms with Crippen molar-refractivity contribution in [2.45, 2.75) is 72.3 Å². The largest absolute Gasteiger partial charge is 0.462 e. The molecule has 2 heteroatoms. The summed E-state index contributed by atoms with van der Waals surface area (Å²) in [4.78, 5) is 11.8. The fourth-order valence-corrected chi connectivity index (χ4v) is 3.85. The minimum Gasteiger partial charge on any atom is -0.462 e. The first-order valence-corrected chi connectivity index (χ1v) is 7.11. The Balaban J connectivity index is 1.98. The zero-order valence-electron chi connectivity index (χ0n) is 11.7. The number of rotatable bonds is 4. The van der Waals surface area contributed by atoms with Crippen LogP contribution in [0.2, 0.25) is 0 Å². The minimum absolute atomic E-state index is 0.0152. The first kappa shape index (κ1) is 12.9. The lowest BCUT2D eigenvalue weighted by molar-refractivity contribution is -0.157. The monoisotopic (exact) mass is 238 g/mol. The molecular weight excluding hydrogens is 212 g/mol. The summed E-state index contributed by atoms with van der Waals surface area (Å²) < 4.78 is 5.75. The molecule has 0 aromatic rings. The normalized spacial score (nSPS) is 38.4. The Morgan fingerprint density at radius 2 is 2.06 bits per heavy atom. The highest BCUT2D eigenvalue weighted by atomic mass is 16.5. The van der Waals surface area contributed by atoms with E-state index >= 15 is 0 Å². The van der Waals surface area contributed by atoms with Crippen LogP contribution in [0, 0.1) is 16.7 Å². The van der Waals surface area contributed by atoms with Crippen LogP contribution in [0.3, 0.4) is 0 Å². The number of ether oxygens (including phenoxy) is 1. The van der Waals surface area contributed by atoms with E-state index in [1.807, 2.05) is 0 Å². The van der Waals surface area contributed by atoms with Crippen molar-refractivity contribution >= 4 is 5.97 Å². The van der Waals surface area contributed by atoms with Crippen molar-refractivity contribution in [3.8, 4) is 0 Å². The molecule has 0 heterocycles. The second-order valence-electron chi connectivity index (χ2n) is 6.69. The van der Waals surface area contributed by atoms with Crippen LogP contribution < -0.4 is 0 Å². The van der Waals surface area contributed by atoms with Crippen molar-refractivity contribution in [1.29, 1.82) is 0 Å². The van der Waals surface area contributed by atoms with E-state index in [0.717, 1.165) is 25.2 Å². The van der Waals surface area contributed by atoms with Gasteiger partial charge in [0.05, 0.1) is 0 Å². The van der Waals surface area contributed by atoms with Gasteiger partial charge in [-0.05, 0) is 37.0 Å². The lowest BCUT2D eigenvalue weighted by atomic mass is 9.70. The van der Waals surface area contributed by atoms with Gasteiger partial charge in [0.25, 0.3) is 0 Å². The minimum atomic E-state index is 0.0152. The average molecular weight is 238 g/mol. The standard InChI is InChI=1S/C15H26O2/c1-5-6-7-13(16)17-12-10-11-8-9-15(12,4)14(11,2)3/h11-12H,5-10H2,1-4H3/t11-,12+,15-/m0/s1. The number of carbonyl (C=O) groups excluding carboxylic acids is 1. The van der Waals surface area contributed by atoms with E-state index in [0.29, 0.717) is 11.8 Å². The SMILES string of the molecule is CCCCC(=O)O[C@@H]1C[C@@H]2CC[C@]1(C)C2(C)C. The molecule has 98 valence electrons. The summed E-state index contributed by atoms with van der Waals surface area (Å²) in [6, 6.07) is 0. The third-order valence-corrected chi connectivity index (χ3v) is 5.72. The third-order valence-electron chi connectivity index (χ3n) is 5.72. The summed E-state index contributed by atoms with van der Waals surface area (Å²) in [5, 5.41) is 0. The van der Waals surface area contributed by atoms with Gasteiger partial charge in [-0.15, -0.1) is 0 Å². The quantitative estimate of drug-likeness (QED) is 0.694. The number of esters is 1. The molecule has 0 N–H and O–H groups in total. The summed E-state index contributed by atoms with van der Waals surface area (Å²) >= 11 is 0. The predicted octanol–water partition coefficient (Wildman–Crippen LogP) is 3.93. The summed E-state index contributed by atoms with van der Waals surface area (Å²) in [7, 11) is 0. The molecule has 2 bridgehead atoms. The van der Waals surface area contributed by atoms with Gasteiger partial charge in [-0.3, -0.25) is 4.79 Å². The second-order valence-corrected chi connectivity index (χ2v) is 6.69. The summed E-state index contributed by atoms with van der Waals surface area (Å²) in [6.07, 6.45) is 6.39. The molecule has 2 aliphatic carbocycles. The van der Waals surface area contributed by atoms with Crippen LogP contribution in [-0.2, 0) is 9.53 Å². The average Bonchev–Trinajstić information content (AvgIpc) is 2.59. The van der Waals surface area contributed by atoms with Crippen molar-refractivity contribution in [3.05, 3.63) is 0 Å². The molecule has 0 aliphatic heterocycles. The number of unbranched alkanes of at least 4 members (excludes halogenated alkanes) is 1. The van der Waals surface area contributed by atoms with Gasteiger partial charge < -0.3 is 4.74 Å². The van der Waals surface area contributed by atoms with E-state index in [4.69, 9.17) is 4.74 Å². The molecule has 2 saturated carbocycles. The molecule has 0 aromatic carbocycles. The molecule has 0 spiro atoms. The topological polar surface area (TPSA) is 26.3 Å². The Bertz CT molecular complexity index is 308. The molecule has 2 aliphatic rings. The van der Waals surface area contributed by atoms with Crippen LogP contribution in [-0.4, -0.2) is 12.1 Å². The third kappa shape index (κ3) is 1.90. The van der Waals surface area contributed by atoms with E-state index in [-0.39, 0.29) is 17.5 Å². The summed E-state index contributed by atoms with van der Waals surface area (Å²) in [6.45, 7) is 9.13. The molecule has 17 heavy (non-hydrogen) atoms. The predicted molar refractivity (Wildman–Crippen MR) is 68.6 cm³/mol. The fraction of sp³-hybridized carbons (Fsp3) is 0.933. The van der Waals surface area contributed by atoms with Crippen LogP contribution in [0.4, 0.5) is 0 Å². The molecule has 2 rings (SSSR count). The molecule has 0 aromatic heterocycles. The smallest absolute Gasteiger partial charge is 0.306 e. The van der Waals surface area contributed by atoms with Crippen LogP contribution in [0.15, 0.2) is 0 Å². The van der Waals surface area contributed by atoms with Crippen LogP contribution in [0.5, 0.6) is 0 Å². The van der Waals surface area contributed by atoms with Gasteiger partial charge in [0.1, 0.15) is 6.10 Å². The van der Waals surface area contributed by atoms with Crippen LogP contribution in [0.25, 0.3) is 0 Å². The van der Waals surface area contributed by atoms with Gasteiger partial charge in [-0.2, -0.15) is 0 Å². The maximum absolute atomic E-state index is 11.8. The number of fused-ring (bicyclic) bond motifs is 2. The summed E-state index contributed by atoms with van der Waals surface area (Å²) in [5.74, 6) is 0.762. The Hall–Kier alpha value is -0.530. The Morgan fingerprint density at radius 3 is 2.53 bits per heavy atom. The van der Waals surface area contributed by atoms with Crippen molar-refractivity contribution in [3.63, 3.8) is 0 Å². The van der Waals surface area contributed by atoms with Gasteiger partial charge >= 0.3 is 5.97 Å². The summed E-state index contributed by atoms with van der Waals surface area (Å²) in [5.41, 5.74) is 0.544. The molecule has 0 radical (unpaired) electrons. The fourth-order valence-electron chi connectivity index (χ4n) is 3.85. The van der Waals surface area contributed by atoms with Crippen molar-refractivity contribution in [1.82, 2.24) is 0 Å². The molecule has 2 fully saturated rings. The first-order valence-electron chi connectivity index (χ1n) is 7.11. The first-order chi connectivity index (χ1) is 7.91. The molecular formula is C15H26O2. The molecule has 3 atom stereocenters. The van der Waals surface area contributed by atoms with Crippen molar-refractivity contribution in [2.24, 2.45) is 16.7 Å². The number of hydrogen-bond donors (Lipinski definition) is 0. The lowest BCUT2D eigenvalue weighted by Crippen LogP contribution is -2.38. The van der Waals surface area contributed by atoms with E-state index in [2.05, 4.69) is 27.7 Å². The van der Waals surface area contributed by atoms with Gasteiger partial charge in [-0.1, -0.05) is 34.1 Å². The van der Waals surface area contributed by atoms with Crippen molar-refractivity contribution < 1.29 is 9.53 Å². The Morgan fingerprint density at radius 1 is 1.35 bits per heavy atom. The number of hydrogen-bond acceptors (Lipinski definition) is 2. The highest BCUT2D eigenvalue weighted by Gasteiger charge is 2.62. The Kier molecular flexibility index (Phi) is 3.26. The molecule has 0 amide bonds. The van der Waals surface area contributed by atoms with E-state index in [1.165, 1.54) is 12.8 Å². The van der Waals surface area contributed by atoms with E-state index < -0.39 is 0 Å². The van der Waals surface area contributed by atoms with Gasteiger partial charge in [0.2, 0.25) is 0 Å². The maximum Gasteiger partial charge on any atom is 0.306 e. The number of carbonyl (C=O) groups is 1. The Labute approximate surface area is 105 Å². The van der Waals surface area contributed by atoms with Gasteiger partial charge in [-0.25, -0.2) is 0 Å². The zero-order chi connectivity index (χ0) is 12.7.